The van der Waals surface area contributed by atoms with Gasteiger partial charge in [0.05, 0.1) is 5.97 Å². The molecule has 1 aromatic rings. The third kappa shape index (κ3) is 2.46. The highest BCUT2D eigenvalue weighted by molar-refractivity contribution is 9.11. The summed E-state index contributed by atoms with van der Waals surface area (Å²) in [6.07, 6.45) is 0. The van der Waals surface area contributed by atoms with Gasteiger partial charge >= 0.3 is 0 Å². The van der Waals surface area contributed by atoms with Gasteiger partial charge in [-0.2, -0.15) is 0 Å². The summed E-state index contributed by atoms with van der Waals surface area (Å²) < 4.78 is 2.13. The Morgan fingerprint density at radius 2 is 1.64 bits per heavy atom. The van der Waals surface area contributed by atoms with Gasteiger partial charge in [0.25, 0.3) is 0 Å². The number of carboxylic acids is 1. The van der Waals surface area contributed by atoms with Crippen LogP contribution in [0.3, 0.4) is 0 Å². The molecule has 0 aliphatic carbocycles. The fraction of sp³-hybridized carbons (Fsp3) is 0. The van der Waals surface area contributed by atoms with E-state index >= 15 is 0 Å². The molecule has 14 heavy (non-hydrogen) atoms. The van der Waals surface area contributed by atoms with E-state index in [4.69, 9.17) is 0 Å². The summed E-state index contributed by atoms with van der Waals surface area (Å²) in [7, 11) is 0. The Hall–Kier alpha value is -0.130. The highest BCUT2D eigenvalue weighted by atomic mass is 79.9. The third-order valence-corrected chi connectivity index (χ3v) is 3.26. The van der Waals surface area contributed by atoms with Crippen LogP contribution in [-0.4, -0.2) is 5.97 Å². The highest BCUT2D eigenvalue weighted by Gasteiger charge is 2.10. The second kappa shape index (κ2) is 4.59. The van der Waals surface area contributed by atoms with Crippen LogP contribution in [0.5, 0.6) is 0 Å². The number of hydrogen-bond donors (Lipinski definition) is 0. The Kier molecular flexibility index (Phi) is 3.92. The van der Waals surface area contributed by atoms with Gasteiger partial charge in [0.2, 0.25) is 0 Å². The molecule has 0 amide bonds. The van der Waals surface area contributed by atoms with E-state index in [1.807, 2.05) is 0 Å². The second-order valence-corrected chi connectivity index (χ2v) is 5.13. The molecule has 0 N–H and O–H groups in total. The average molecular weight is 384 g/mol. The van der Waals surface area contributed by atoms with Gasteiger partial charge in [-0.1, -0.05) is 54.4 Å². The summed E-state index contributed by atoms with van der Waals surface area (Å²) >= 11 is 9.79. The van der Waals surface area contributed by atoms with Gasteiger partial charge in [-0.15, -0.1) is 0 Å². The first kappa shape index (κ1) is 11.9. The molecule has 0 bridgehead atoms. The van der Waals surface area contributed by atoms with E-state index in [2.05, 4.69) is 54.4 Å². The standard InChI is InChI=1S/C9H5Br3O2/c1-4(9(13)14)8-6(11)2-5(10)3-7(8)12/h2-3H,1H2,(H,13,14)/p-1. The number of benzene rings is 1. The molecule has 0 saturated heterocycles. The number of aliphatic carboxylic acids is 1. The molecule has 0 atom stereocenters. The molecule has 5 heteroatoms. The fourth-order valence-electron chi connectivity index (χ4n) is 0.933. The maximum Gasteiger partial charge on any atom is 0.0716 e. The van der Waals surface area contributed by atoms with Crippen LogP contribution in [0, 0.1) is 0 Å². The van der Waals surface area contributed by atoms with Crippen LogP contribution in [0.25, 0.3) is 5.57 Å². The van der Waals surface area contributed by atoms with Gasteiger partial charge < -0.3 is 9.90 Å². The number of halogens is 3. The molecule has 0 saturated carbocycles. The van der Waals surface area contributed by atoms with E-state index in [9.17, 15) is 9.90 Å². The maximum absolute atomic E-state index is 10.6. The molecule has 0 aliphatic rings. The number of carbonyl (C=O) groups is 1. The van der Waals surface area contributed by atoms with E-state index in [1.165, 1.54) is 0 Å². The van der Waals surface area contributed by atoms with Crippen LogP contribution < -0.4 is 5.11 Å². The van der Waals surface area contributed by atoms with Gasteiger partial charge in [0.1, 0.15) is 0 Å². The lowest BCUT2D eigenvalue weighted by molar-refractivity contribution is -0.295. The molecule has 1 aromatic carbocycles. The lowest BCUT2D eigenvalue weighted by atomic mass is 10.1. The largest absolute Gasteiger partial charge is 0.545 e. The molecule has 0 heterocycles. The predicted molar refractivity (Wildman–Crippen MR) is 63.6 cm³/mol. The number of carbonyl (C=O) groups excluding carboxylic acids is 1. The Morgan fingerprint density at radius 1 is 1.21 bits per heavy atom. The van der Waals surface area contributed by atoms with E-state index in [0.717, 1.165) is 4.47 Å². The molecule has 0 radical (unpaired) electrons. The van der Waals surface area contributed by atoms with E-state index in [0.29, 0.717) is 14.5 Å². The Morgan fingerprint density at radius 3 is 2.00 bits per heavy atom. The first-order valence-electron chi connectivity index (χ1n) is 3.48. The van der Waals surface area contributed by atoms with Gasteiger partial charge in [0.15, 0.2) is 0 Å². The molecule has 0 spiro atoms. The minimum absolute atomic E-state index is 0.0590. The molecule has 74 valence electrons. The van der Waals surface area contributed by atoms with Crippen molar-refractivity contribution in [3.63, 3.8) is 0 Å². The number of carboxylic acid groups (broad SMARTS) is 1. The monoisotopic (exact) mass is 381 g/mol. The molecule has 2 nitrogen and oxygen atoms in total. The van der Waals surface area contributed by atoms with Crippen LogP contribution >= 0.6 is 47.8 Å². The zero-order valence-corrected chi connectivity index (χ0v) is 11.6. The minimum Gasteiger partial charge on any atom is -0.545 e. The minimum atomic E-state index is -1.28. The van der Waals surface area contributed by atoms with Crippen molar-refractivity contribution in [2.45, 2.75) is 0 Å². The maximum atomic E-state index is 10.6. The van der Waals surface area contributed by atoms with Crippen LogP contribution in [0.2, 0.25) is 0 Å². The van der Waals surface area contributed by atoms with Gasteiger partial charge in [-0.05, 0) is 17.7 Å². The normalized spacial score (nSPS) is 9.93. The molecular formula is C9H4Br3O2-. The van der Waals surface area contributed by atoms with Crippen molar-refractivity contribution in [1.82, 2.24) is 0 Å². The summed E-state index contributed by atoms with van der Waals surface area (Å²) in [4.78, 5) is 10.6. The lowest BCUT2D eigenvalue weighted by Gasteiger charge is -2.11. The molecule has 0 aromatic heterocycles. The molecule has 0 unspecified atom stereocenters. The van der Waals surface area contributed by atoms with Gasteiger partial charge in [-0.25, -0.2) is 0 Å². The summed E-state index contributed by atoms with van der Waals surface area (Å²) in [5, 5.41) is 10.6. The SMILES string of the molecule is C=C(C(=O)[O-])c1c(Br)cc(Br)cc1Br. The topological polar surface area (TPSA) is 40.1 Å². The van der Waals surface area contributed by atoms with Crippen molar-refractivity contribution in [3.05, 3.63) is 37.7 Å². The Labute approximate surface area is 106 Å². The van der Waals surface area contributed by atoms with E-state index in [-0.39, 0.29) is 5.57 Å². The second-order valence-electron chi connectivity index (χ2n) is 2.51. The number of rotatable bonds is 2. The van der Waals surface area contributed by atoms with Crippen molar-refractivity contribution >= 4 is 59.3 Å². The van der Waals surface area contributed by atoms with Crippen LogP contribution in [0.1, 0.15) is 5.56 Å². The van der Waals surface area contributed by atoms with Crippen molar-refractivity contribution in [2.24, 2.45) is 0 Å². The summed E-state index contributed by atoms with van der Waals surface area (Å²) in [6, 6.07) is 3.49. The zero-order chi connectivity index (χ0) is 10.9. The Bertz CT molecular complexity index is 390. The Balaban J connectivity index is 3.35. The van der Waals surface area contributed by atoms with E-state index in [1.54, 1.807) is 12.1 Å². The fourth-order valence-corrected chi connectivity index (χ4v) is 3.67. The smallest absolute Gasteiger partial charge is 0.0716 e. The third-order valence-electron chi connectivity index (χ3n) is 1.56. The summed E-state index contributed by atoms with van der Waals surface area (Å²) in [6.45, 7) is 3.44. The first-order valence-corrected chi connectivity index (χ1v) is 5.86. The van der Waals surface area contributed by atoms with Crippen molar-refractivity contribution in [2.75, 3.05) is 0 Å². The quantitative estimate of drug-likeness (QED) is 0.737. The highest BCUT2D eigenvalue weighted by Crippen LogP contribution is 2.33. The summed E-state index contributed by atoms with van der Waals surface area (Å²) in [5.74, 6) is -1.28. The summed E-state index contributed by atoms with van der Waals surface area (Å²) in [5.41, 5.74) is 0.435. The predicted octanol–water partition coefficient (Wildman–Crippen LogP) is 2.74. The van der Waals surface area contributed by atoms with Gasteiger partial charge in [-0.3, -0.25) is 0 Å². The van der Waals surface area contributed by atoms with Crippen LogP contribution in [0.4, 0.5) is 0 Å². The van der Waals surface area contributed by atoms with Crippen LogP contribution in [-0.2, 0) is 4.79 Å². The molecule has 0 fully saturated rings. The first-order chi connectivity index (χ1) is 6.43. The molecule has 1 rings (SSSR count). The van der Waals surface area contributed by atoms with Crippen LogP contribution in [0.15, 0.2) is 32.1 Å². The zero-order valence-electron chi connectivity index (χ0n) is 6.81. The number of hydrogen-bond acceptors (Lipinski definition) is 2. The van der Waals surface area contributed by atoms with Gasteiger partial charge in [0, 0.05) is 19.0 Å². The molecular weight excluding hydrogens is 380 g/mol. The van der Waals surface area contributed by atoms with Crippen molar-refractivity contribution in [1.29, 1.82) is 0 Å². The van der Waals surface area contributed by atoms with E-state index < -0.39 is 5.97 Å². The average Bonchev–Trinajstić information content (AvgIpc) is 2.01. The van der Waals surface area contributed by atoms with Crippen molar-refractivity contribution < 1.29 is 9.90 Å². The molecule has 0 aliphatic heterocycles. The lowest BCUT2D eigenvalue weighted by Crippen LogP contribution is -2.23. The van der Waals surface area contributed by atoms with Crippen molar-refractivity contribution in [3.8, 4) is 0 Å².